The smallest absolute Gasteiger partial charge is 0.245 e. The molecule has 0 aliphatic rings. The van der Waals surface area contributed by atoms with Crippen LogP contribution in [0.2, 0.25) is 0 Å². The van der Waals surface area contributed by atoms with Crippen LogP contribution in [0.5, 0.6) is 5.75 Å². The monoisotopic (exact) mass is 486 g/mol. The minimum absolute atomic E-state index is 0.145. The van der Waals surface area contributed by atoms with Crippen molar-refractivity contribution in [1.82, 2.24) is 10.2 Å². The molecule has 0 saturated heterocycles. The third-order valence-electron chi connectivity index (χ3n) is 5.88. The molecular formula is C26H35FN4O4. The minimum atomic E-state index is -0.966. The molecule has 0 bridgehead atoms. The molecule has 8 nitrogen and oxygen atoms in total. The topological polar surface area (TPSA) is 139 Å². The molecule has 2 aromatic carbocycles. The van der Waals surface area contributed by atoms with Crippen molar-refractivity contribution in [2.45, 2.75) is 64.1 Å². The van der Waals surface area contributed by atoms with Crippen LogP contribution in [0.4, 0.5) is 4.39 Å². The number of benzene rings is 2. The van der Waals surface area contributed by atoms with Crippen LogP contribution in [0.1, 0.15) is 44.4 Å². The number of hydrogen-bond donors (Lipinski definition) is 4. The summed E-state index contributed by atoms with van der Waals surface area (Å²) in [5.74, 6) is -1.99. The van der Waals surface area contributed by atoms with Gasteiger partial charge in [-0.15, -0.1) is 0 Å². The molecule has 190 valence electrons. The zero-order valence-electron chi connectivity index (χ0n) is 20.8. The highest BCUT2D eigenvalue weighted by atomic mass is 19.1. The largest absolute Gasteiger partial charge is 0.508 e. The van der Waals surface area contributed by atoms with Gasteiger partial charge in [0.2, 0.25) is 17.7 Å². The molecule has 2 rings (SSSR count). The van der Waals surface area contributed by atoms with Crippen molar-refractivity contribution in [2.75, 3.05) is 7.05 Å². The average molecular weight is 487 g/mol. The standard InChI is InChI=1S/C26H35FN4O4/c1-15(30-24(34)20(28)13-16-6-9-18(27)10-7-16)25(35)31(5)21(23(29)33)14-17-8-11-22(32)19(12-17)26(2,3)4/h6-12,15,20-21,32H,13-14,28H2,1-5H3,(H2,29,33)(H,30,34)/t15-,20+,21+/m1/s1. The highest BCUT2D eigenvalue weighted by Gasteiger charge is 2.30. The lowest BCUT2D eigenvalue weighted by atomic mass is 9.84. The van der Waals surface area contributed by atoms with Gasteiger partial charge in [0.15, 0.2) is 0 Å². The number of carbonyl (C=O) groups is 3. The lowest BCUT2D eigenvalue weighted by molar-refractivity contribution is -0.140. The Hall–Kier alpha value is -3.46. The molecule has 0 spiro atoms. The Morgan fingerprint density at radius 1 is 1.06 bits per heavy atom. The first-order valence-corrected chi connectivity index (χ1v) is 11.4. The average Bonchev–Trinajstić information content (AvgIpc) is 2.77. The summed E-state index contributed by atoms with van der Waals surface area (Å²) < 4.78 is 13.1. The van der Waals surface area contributed by atoms with Crippen molar-refractivity contribution in [3.05, 3.63) is 65.0 Å². The molecule has 0 unspecified atom stereocenters. The number of rotatable bonds is 9. The molecule has 35 heavy (non-hydrogen) atoms. The number of phenolic OH excluding ortho intramolecular Hbond substituents is 1. The molecular weight excluding hydrogens is 451 g/mol. The van der Waals surface area contributed by atoms with Crippen LogP contribution in [0, 0.1) is 5.82 Å². The van der Waals surface area contributed by atoms with E-state index in [4.69, 9.17) is 11.5 Å². The lowest BCUT2D eigenvalue weighted by Gasteiger charge is -2.29. The zero-order valence-corrected chi connectivity index (χ0v) is 20.8. The van der Waals surface area contributed by atoms with E-state index >= 15 is 0 Å². The number of phenols is 1. The molecule has 2 aromatic rings. The van der Waals surface area contributed by atoms with Crippen LogP contribution >= 0.6 is 0 Å². The molecule has 0 heterocycles. The van der Waals surface area contributed by atoms with Gasteiger partial charge in [-0.05, 0) is 53.6 Å². The van der Waals surface area contributed by atoms with E-state index in [0.717, 1.165) is 5.56 Å². The molecule has 0 radical (unpaired) electrons. The lowest BCUT2D eigenvalue weighted by Crippen LogP contribution is -2.55. The number of nitrogens with one attached hydrogen (secondary N) is 1. The van der Waals surface area contributed by atoms with E-state index in [1.165, 1.54) is 43.1 Å². The molecule has 9 heteroatoms. The summed E-state index contributed by atoms with van der Waals surface area (Å²) >= 11 is 0. The Labute approximate surface area is 205 Å². The predicted octanol–water partition coefficient (Wildman–Crippen LogP) is 1.76. The highest BCUT2D eigenvalue weighted by Crippen LogP contribution is 2.31. The third-order valence-corrected chi connectivity index (χ3v) is 5.88. The van der Waals surface area contributed by atoms with Crippen LogP contribution in [0.25, 0.3) is 0 Å². The summed E-state index contributed by atoms with van der Waals surface area (Å²) in [6.07, 6.45) is 0.315. The van der Waals surface area contributed by atoms with Gasteiger partial charge in [0.1, 0.15) is 23.7 Å². The second-order valence-electron chi connectivity index (χ2n) is 9.84. The number of nitrogens with two attached hydrogens (primary N) is 2. The maximum Gasteiger partial charge on any atom is 0.245 e. The van der Waals surface area contributed by atoms with Crippen LogP contribution in [0.15, 0.2) is 42.5 Å². The summed E-state index contributed by atoms with van der Waals surface area (Å²) in [6.45, 7) is 7.37. The van der Waals surface area contributed by atoms with Gasteiger partial charge in [-0.25, -0.2) is 4.39 Å². The summed E-state index contributed by atoms with van der Waals surface area (Å²) in [7, 11) is 1.45. The first-order chi connectivity index (χ1) is 16.2. The Kier molecular flexibility index (Phi) is 8.98. The molecule has 3 atom stereocenters. The van der Waals surface area contributed by atoms with Gasteiger partial charge < -0.3 is 26.8 Å². The number of nitrogens with zero attached hydrogens (tertiary/aromatic N) is 1. The minimum Gasteiger partial charge on any atom is -0.508 e. The predicted molar refractivity (Wildman–Crippen MR) is 132 cm³/mol. The van der Waals surface area contributed by atoms with Gasteiger partial charge in [0.25, 0.3) is 0 Å². The second-order valence-corrected chi connectivity index (χ2v) is 9.84. The number of likely N-dealkylation sites (N-methyl/N-ethyl adjacent to an activating group) is 1. The van der Waals surface area contributed by atoms with Crippen molar-refractivity contribution in [3.8, 4) is 5.75 Å². The normalized spacial score (nSPS) is 14.0. The number of primary amides is 1. The molecule has 0 fully saturated rings. The first kappa shape index (κ1) is 27.8. The van der Waals surface area contributed by atoms with Gasteiger partial charge in [-0.3, -0.25) is 14.4 Å². The number of hydrogen-bond acceptors (Lipinski definition) is 5. The molecule has 0 aromatic heterocycles. The van der Waals surface area contributed by atoms with Gasteiger partial charge in [-0.2, -0.15) is 0 Å². The van der Waals surface area contributed by atoms with Crippen LogP contribution in [-0.4, -0.2) is 52.9 Å². The van der Waals surface area contributed by atoms with Crippen molar-refractivity contribution in [3.63, 3.8) is 0 Å². The summed E-state index contributed by atoms with van der Waals surface area (Å²) in [6, 6.07) is 7.80. The first-order valence-electron chi connectivity index (χ1n) is 11.4. The Morgan fingerprint density at radius 2 is 1.63 bits per heavy atom. The number of aromatic hydroxyl groups is 1. The van der Waals surface area contributed by atoms with E-state index in [2.05, 4.69) is 5.32 Å². The highest BCUT2D eigenvalue weighted by molar-refractivity contribution is 5.92. The van der Waals surface area contributed by atoms with Gasteiger partial charge >= 0.3 is 0 Å². The van der Waals surface area contributed by atoms with E-state index in [9.17, 15) is 23.9 Å². The van der Waals surface area contributed by atoms with Crippen LogP contribution < -0.4 is 16.8 Å². The van der Waals surface area contributed by atoms with Crippen molar-refractivity contribution in [2.24, 2.45) is 11.5 Å². The number of carbonyl (C=O) groups excluding carboxylic acids is 3. The summed E-state index contributed by atoms with van der Waals surface area (Å²) in [4.78, 5) is 38.9. The Balaban J connectivity index is 2.08. The molecule has 0 saturated carbocycles. The molecule has 3 amide bonds. The fourth-order valence-corrected chi connectivity index (χ4v) is 3.77. The van der Waals surface area contributed by atoms with Crippen LogP contribution in [-0.2, 0) is 32.6 Å². The van der Waals surface area contributed by atoms with Crippen molar-refractivity contribution < 1.29 is 23.9 Å². The third kappa shape index (κ3) is 7.51. The number of amides is 3. The summed E-state index contributed by atoms with van der Waals surface area (Å²) in [5, 5.41) is 12.8. The SMILES string of the molecule is C[C@@H](NC(=O)[C@@H](N)Cc1ccc(F)cc1)C(=O)N(C)[C@@H](Cc1ccc(O)c(C(C)(C)C)c1)C(N)=O. The van der Waals surface area contributed by atoms with Crippen LogP contribution in [0.3, 0.4) is 0 Å². The maximum absolute atomic E-state index is 13.1. The fourth-order valence-electron chi connectivity index (χ4n) is 3.77. The Morgan fingerprint density at radius 3 is 2.17 bits per heavy atom. The van der Waals surface area contributed by atoms with Gasteiger partial charge in [0.05, 0.1) is 6.04 Å². The van der Waals surface area contributed by atoms with Crippen molar-refractivity contribution >= 4 is 17.7 Å². The van der Waals surface area contributed by atoms with E-state index < -0.39 is 35.8 Å². The Bertz CT molecular complexity index is 1070. The van der Waals surface area contributed by atoms with Crippen molar-refractivity contribution in [1.29, 1.82) is 0 Å². The molecule has 0 aliphatic carbocycles. The van der Waals surface area contributed by atoms with E-state index in [-0.39, 0.29) is 29.8 Å². The van der Waals surface area contributed by atoms with E-state index in [0.29, 0.717) is 11.1 Å². The van der Waals surface area contributed by atoms with Gasteiger partial charge in [-0.1, -0.05) is 45.0 Å². The summed E-state index contributed by atoms with van der Waals surface area (Å²) in [5.41, 5.74) is 13.4. The molecule has 0 aliphatic heterocycles. The van der Waals surface area contributed by atoms with E-state index in [1.807, 2.05) is 20.8 Å². The van der Waals surface area contributed by atoms with Gasteiger partial charge in [0, 0.05) is 13.5 Å². The number of halogens is 1. The fraction of sp³-hybridized carbons (Fsp3) is 0.423. The second kappa shape index (κ2) is 11.3. The zero-order chi connectivity index (χ0) is 26.5. The van der Waals surface area contributed by atoms with E-state index in [1.54, 1.807) is 18.2 Å². The maximum atomic E-state index is 13.1. The quantitative estimate of drug-likeness (QED) is 0.428. The molecule has 6 N–H and O–H groups in total.